The van der Waals surface area contributed by atoms with Crippen LogP contribution in [0.15, 0.2) is 65.1 Å². The maximum absolute atomic E-state index is 9.09. The Hall–Kier alpha value is -3.53. The van der Waals surface area contributed by atoms with Crippen LogP contribution in [0.25, 0.3) is 11.5 Å². The van der Waals surface area contributed by atoms with E-state index in [2.05, 4.69) is 10.2 Å². The molecule has 0 atom stereocenters. The molecule has 154 valence electrons. The summed E-state index contributed by atoms with van der Waals surface area (Å²) in [6.45, 7) is 2.09. The van der Waals surface area contributed by atoms with Crippen molar-refractivity contribution in [1.29, 1.82) is 5.26 Å². The Bertz CT molecular complexity index is 1260. The molecule has 0 spiro atoms. The van der Waals surface area contributed by atoms with E-state index in [1.165, 1.54) is 0 Å². The van der Waals surface area contributed by atoms with Gasteiger partial charge in [0.25, 0.3) is 5.89 Å². The highest BCUT2D eigenvalue weighted by Gasteiger charge is 2.11. The highest BCUT2D eigenvalue weighted by molar-refractivity contribution is 6.32. The molecule has 0 aliphatic carbocycles. The Kier molecular flexibility index (Phi) is 6.08. The summed E-state index contributed by atoms with van der Waals surface area (Å²) in [6.07, 6.45) is 0. The van der Waals surface area contributed by atoms with Crippen molar-refractivity contribution < 1.29 is 13.9 Å². The number of hydrogen-bond acceptors (Lipinski definition) is 6. The van der Waals surface area contributed by atoms with Gasteiger partial charge in [-0.25, -0.2) is 0 Å². The van der Waals surface area contributed by atoms with Crippen LogP contribution in [-0.4, -0.2) is 10.2 Å². The summed E-state index contributed by atoms with van der Waals surface area (Å²) in [5.74, 6) is 2.01. The molecule has 0 N–H and O–H groups in total. The van der Waals surface area contributed by atoms with Gasteiger partial charge in [-0.15, -0.1) is 10.2 Å². The number of nitriles is 1. The summed E-state index contributed by atoms with van der Waals surface area (Å²) < 4.78 is 17.2. The fourth-order valence-corrected chi connectivity index (χ4v) is 3.12. The first-order valence-electron chi connectivity index (χ1n) is 9.20. The third-order valence-corrected chi connectivity index (χ3v) is 4.79. The Morgan fingerprint density at radius 3 is 2.55 bits per heavy atom. The highest BCUT2D eigenvalue weighted by atomic mass is 35.5. The van der Waals surface area contributed by atoms with Crippen LogP contribution in [0.5, 0.6) is 17.2 Å². The fraction of sp³-hybridized carbons (Fsp3) is 0.0870. The predicted octanol–water partition coefficient (Wildman–Crippen LogP) is 6.59. The average molecular weight is 452 g/mol. The zero-order valence-corrected chi connectivity index (χ0v) is 17.8. The summed E-state index contributed by atoms with van der Waals surface area (Å²) in [5, 5.41) is 17.9. The van der Waals surface area contributed by atoms with E-state index < -0.39 is 0 Å². The number of aromatic nitrogens is 2. The molecule has 0 aliphatic heterocycles. The highest BCUT2D eigenvalue weighted by Crippen LogP contribution is 2.34. The molecule has 0 aliphatic rings. The lowest BCUT2D eigenvalue weighted by Crippen LogP contribution is -1.96. The van der Waals surface area contributed by atoms with Crippen molar-refractivity contribution >= 4 is 23.2 Å². The minimum atomic E-state index is 0.0790. The van der Waals surface area contributed by atoms with Crippen LogP contribution in [0, 0.1) is 18.3 Å². The lowest BCUT2D eigenvalue weighted by Gasteiger charge is -2.10. The normalized spacial score (nSPS) is 10.5. The standard InChI is InChI=1S/C23H15Cl2N3O3/c1-14-2-4-16(5-3-14)23-28-27-22(31-23)13-29-18-6-7-20(25)21(11-18)30-19-9-15(12-26)8-17(24)10-19/h2-11H,13H2,1H3. The molecule has 0 bridgehead atoms. The molecule has 4 aromatic rings. The van der Waals surface area contributed by atoms with Gasteiger partial charge in [-0.1, -0.05) is 40.9 Å². The second-order valence-corrected chi connectivity index (χ2v) is 7.48. The maximum atomic E-state index is 9.09. The van der Waals surface area contributed by atoms with Crippen LogP contribution >= 0.6 is 23.2 Å². The van der Waals surface area contributed by atoms with E-state index in [-0.39, 0.29) is 6.61 Å². The summed E-state index contributed by atoms with van der Waals surface area (Å²) in [4.78, 5) is 0. The second-order valence-electron chi connectivity index (χ2n) is 6.64. The molecule has 1 aromatic heterocycles. The molecule has 3 aromatic carbocycles. The Balaban J connectivity index is 1.46. The molecular formula is C23H15Cl2N3O3. The van der Waals surface area contributed by atoms with E-state index in [0.717, 1.165) is 11.1 Å². The summed E-state index contributed by atoms with van der Waals surface area (Å²) in [7, 11) is 0. The van der Waals surface area contributed by atoms with Gasteiger partial charge < -0.3 is 13.9 Å². The van der Waals surface area contributed by atoms with Gasteiger partial charge in [0.05, 0.1) is 16.7 Å². The molecule has 31 heavy (non-hydrogen) atoms. The van der Waals surface area contributed by atoms with Gasteiger partial charge in [0.2, 0.25) is 5.89 Å². The van der Waals surface area contributed by atoms with Gasteiger partial charge >= 0.3 is 0 Å². The quantitative estimate of drug-likeness (QED) is 0.328. The van der Waals surface area contributed by atoms with Crippen molar-refractivity contribution in [2.45, 2.75) is 13.5 Å². The summed E-state index contributed by atoms with van der Waals surface area (Å²) >= 11 is 12.3. The molecule has 0 saturated carbocycles. The van der Waals surface area contributed by atoms with E-state index in [9.17, 15) is 0 Å². The van der Waals surface area contributed by atoms with Crippen LogP contribution in [0.4, 0.5) is 0 Å². The zero-order chi connectivity index (χ0) is 21.8. The first-order chi connectivity index (χ1) is 15.0. The number of nitrogens with zero attached hydrogens (tertiary/aromatic N) is 3. The van der Waals surface area contributed by atoms with Crippen LogP contribution in [0.3, 0.4) is 0 Å². The first-order valence-corrected chi connectivity index (χ1v) is 9.96. The number of aryl methyl sites for hydroxylation is 1. The third kappa shape index (κ3) is 5.15. The molecule has 6 nitrogen and oxygen atoms in total. The number of hydrogen-bond donors (Lipinski definition) is 0. The molecule has 4 rings (SSSR count). The van der Waals surface area contributed by atoms with Gasteiger partial charge in [-0.3, -0.25) is 0 Å². The van der Waals surface area contributed by atoms with Crippen molar-refractivity contribution in [3.8, 4) is 34.8 Å². The van der Waals surface area contributed by atoms with Gasteiger partial charge in [-0.2, -0.15) is 5.26 Å². The summed E-state index contributed by atoms with van der Waals surface area (Å²) in [6, 6.07) is 19.5. The largest absolute Gasteiger partial charge is 0.484 e. The minimum Gasteiger partial charge on any atom is -0.484 e. The Labute approximate surface area is 188 Å². The monoisotopic (exact) mass is 451 g/mol. The predicted molar refractivity (Wildman–Crippen MR) is 116 cm³/mol. The van der Waals surface area contributed by atoms with E-state index >= 15 is 0 Å². The SMILES string of the molecule is Cc1ccc(-c2nnc(COc3ccc(Cl)c(Oc4cc(Cl)cc(C#N)c4)c3)o2)cc1. The van der Waals surface area contributed by atoms with Crippen LogP contribution in [-0.2, 0) is 6.61 Å². The topological polar surface area (TPSA) is 81.2 Å². The molecule has 0 saturated heterocycles. The Morgan fingerprint density at radius 2 is 1.77 bits per heavy atom. The van der Waals surface area contributed by atoms with Crippen molar-refractivity contribution in [2.24, 2.45) is 0 Å². The molecule has 0 radical (unpaired) electrons. The van der Waals surface area contributed by atoms with Gasteiger partial charge in [0.15, 0.2) is 6.61 Å². The smallest absolute Gasteiger partial charge is 0.254 e. The molecular weight excluding hydrogens is 437 g/mol. The van der Waals surface area contributed by atoms with Crippen LogP contribution in [0.1, 0.15) is 17.0 Å². The minimum absolute atomic E-state index is 0.0790. The molecule has 1 heterocycles. The van der Waals surface area contributed by atoms with Crippen molar-refractivity contribution in [3.05, 3.63) is 87.7 Å². The van der Waals surface area contributed by atoms with E-state index in [1.54, 1.807) is 36.4 Å². The van der Waals surface area contributed by atoms with Gasteiger partial charge in [0, 0.05) is 16.7 Å². The number of ether oxygens (including phenoxy) is 2. The number of benzene rings is 3. The third-order valence-electron chi connectivity index (χ3n) is 4.26. The lowest BCUT2D eigenvalue weighted by molar-refractivity contribution is 0.263. The maximum Gasteiger partial charge on any atom is 0.254 e. The summed E-state index contributed by atoms with van der Waals surface area (Å²) in [5.41, 5.74) is 2.37. The Morgan fingerprint density at radius 1 is 0.968 bits per heavy atom. The molecule has 0 unspecified atom stereocenters. The van der Waals surface area contributed by atoms with Gasteiger partial charge in [0.1, 0.15) is 17.2 Å². The number of halogens is 2. The van der Waals surface area contributed by atoms with Crippen LogP contribution < -0.4 is 9.47 Å². The molecule has 8 heteroatoms. The van der Waals surface area contributed by atoms with Gasteiger partial charge in [-0.05, 0) is 49.4 Å². The van der Waals surface area contributed by atoms with Crippen LogP contribution in [0.2, 0.25) is 10.0 Å². The number of rotatable bonds is 6. The first kappa shape index (κ1) is 20.7. The average Bonchev–Trinajstić information content (AvgIpc) is 3.23. The molecule has 0 fully saturated rings. The van der Waals surface area contributed by atoms with E-state index in [0.29, 0.717) is 44.6 Å². The van der Waals surface area contributed by atoms with E-state index in [1.807, 2.05) is 37.3 Å². The van der Waals surface area contributed by atoms with Crippen molar-refractivity contribution in [3.63, 3.8) is 0 Å². The second kappa shape index (κ2) is 9.09. The van der Waals surface area contributed by atoms with Crippen molar-refractivity contribution in [1.82, 2.24) is 10.2 Å². The lowest BCUT2D eigenvalue weighted by atomic mass is 10.1. The fourth-order valence-electron chi connectivity index (χ4n) is 2.73. The zero-order valence-electron chi connectivity index (χ0n) is 16.3. The van der Waals surface area contributed by atoms with Crippen molar-refractivity contribution in [2.75, 3.05) is 0 Å². The van der Waals surface area contributed by atoms with E-state index in [4.69, 9.17) is 42.4 Å². The molecule has 0 amide bonds.